The maximum absolute atomic E-state index is 14.4. The van der Waals surface area contributed by atoms with Gasteiger partial charge in [0.1, 0.15) is 6.61 Å². The molecule has 0 fully saturated rings. The highest BCUT2D eigenvalue weighted by Crippen LogP contribution is 2.43. The second-order valence-corrected chi connectivity index (χ2v) is 14.4. The highest BCUT2D eigenvalue weighted by Gasteiger charge is 2.36. The first-order chi connectivity index (χ1) is 26.6. The van der Waals surface area contributed by atoms with Gasteiger partial charge in [-0.25, -0.2) is 4.79 Å². The number of hydrogen-bond acceptors (Lipinski definition) is 6. The Morgan fingerprint density at radius 2 is 1.33 bits per heavy atom. The molecule has 0 bridgehead atoms. The number of aryl methyl sites for hydroxylation is 2. The Morgan fingerprint density at radius 1 is 0.745 bits per heavy atom. The van der Waals surface area contributed by atoms with Gasteiger partial charge < -0.3 is 28.7 Å². The van der Waals surface area contributed by atoms with E-state index < -0.39 is 38.6 Å². The van der Waals surface area contributed by atoms with Crippen molar-refractivity contribution in [2.24, 2.45) is 0 Å². The number of allylic oxidation sites excluding steroid dienone is 4. The predicted molar refractivity (Wildman–Crippen MR) is 211 cm³/mol. The van der Waals surface area contributed by atoms with Crippen LogP contribution in [-0.2, 0) is 57.1 Å². The lowest BCUT2D eigenvalue weighted by molar-refractivity contribution is -0.138. The molecule has 11 heteroatoms. The van der Waals surface area contributed by atoms with Crippen molar-refractivity contribution in [3.8, 4) is 0 Å². The number of aliphatic hydroxyl groups excluding tert-OH is 1. The third-order valence-corrected chi connectivity index (χ3v) is 9.99. The van der Waals surface area contributed by atoms with Gasteiger partial charge in [-0.1, -0.05) is 127 Å². The van der Waals surface area contributed by atoms with Crippen LogP contribution in [-0.4, -0.2) is 30.0 Å². The number of amides is 1. The standard InChI is InChI=1S/C44H51F3NO6P/c1-3-16-35(4-2)17-14-15-24-40-26-25-36(29-41(40)44(45,46)47)27-28-43(33-49,48-42(50)51-30-37-18-8-5-9-19-37)34-54-55(52-31-38-20-10-6-11-21-38)53-32-39-22-12-7-13-23-39/h3-13,16,18-23,25-26,29,49H,14-15,17,24,27-28,30-34H2,1-2H3,(H,48,50)/b16-3-,35-4+. The van der Waals surface area contributed by atoms with Crippen LogP contribution < -0.4 is 5.32 Å². The first-order valence-corrected chi connectivity index (χ1v) is 19.6. The Bertz CT molecular complexity index is 1730. The van der Waals surface area contributed by atoms with Gasteiger partial charge in [-0.3, -0.25) is 0 Å². The molecule has 4 aromatic rings. The van der Waals surface area contributed by atoms with Crippen LogP contribution in [0.15, 0.2) is 133 Å². The van der Waals surface area contributed by atoms with Crippen molar-refractivity contribution in [1.82, 2.24) is 5.32 Å². The van der Waals surface area contributed by atoms with Crippen molar-refractivity contribution in [3.63, 3.8) is 0 Å². The zero-order valence-corrected chi connectivity index (χ0v) is 32.4. The average molecular weight is 778 g/mol. The summed E-state index contributed by atoms with van der Waals surface area (Å²) in [5.41, 5.74) is 2.18. The van der Waals surface area contributed by atoms with Crippen molar-refractivity contribution in [1.29, 1.82) is 0 Å². The van der Waals surface area contributed by atoms with E-state index in [1.165, 1.54) is 12.1 Å². The minimum atomic E-state index is -4.55. The maximum atomic E-state index is 14.4. The number of halogens is 3. The highest BCUT2D eigenvalue weighted by atomic mass is 31.2. The van der Waals surface area contributed by atoms with Crippen LogP contribution in [0.4, 0.5) is 18.0 Å². The number of nitrogens with one attached hydrogen (secondary N) is 1. The Hall–Kier alpha value is -4.31. The Morgan fingerprint density at radius 3 is 1.85 bits per heavy atom. The number of rotatable bonds is 22. The van der Waals surface area contributed by atoms with E-state index in [1.807, 2.05) is 123 Å². The molecule has 0 saturated carbocycles. The average Bonchev–Trinajstić information content (AvgIpc) is 3.20. The third kappa shape index (κ3) is 15.4. The molecule has 1 unspecified atom stereocenters. The van der Waals surface area contributed by atoms with Crippen LogP contribution in [0.2, 0.25) is 0 Å². The fourth-order valence-corrected chi connectivity index (χ4v) is 6.91. The molecule has 7 nitrogen and oxygen atoms in total. The lowest BCUT2D eigenvalue weighted by Crippen LogP contribution is -2.55. The van der Waals surface area contributed by atoms with Crippen molar-refractivity contribution in [3.05, 3.63) is 166 Å². The van der Waals surface area contributed by atoms with Gasteiger partial charge in [0.2, 0.25) is 0 Å². The van der Waals surface area contributed by atoms with E-state index in [-0.39, 0.29) is 44.8 Å². The van der Waals surface area contributed by atoms with Crippen LogP contribution in [0.25, 0.3) is 0 Å². The van der Waals surface area contributed by atoms with Crippen molar-refractivity contribution in [2.75, 3.05) is 13.2 Å². The van der Waals surface area contributed by atoms with Gasteiger partial charge >= 0.3 is 20.9 Å². The number of aliphatic hydroxyl groups is 1. The number of alkyl carbamates (subject to hydrolysis) is 1. The molecule has 4 rings (SSSR count). The molecule has 1 amide bonds. The van der Waals surface area contributed by atoms with Crippen molar-refractivity contribution in [2.45, 2.75) is 83.9 Å². The molecule has 0 heterocycles. The number of unbranched alkanes of at least 4 members (excludes halogenated alkanes) is 1. The molecule has 294 valence electrons. The first-order valence-electron chi connectivity index (χ1n) is 18.5. The Balaban J connectivity index is 1.51. The Kier molecular flexibility index (Phi) is 18.1. The van der Waals surface area contributed by atoms with Gasteiger partial charge in [-0.15, -0.1) is 0 Å². The molecule has 0 spiro atoms. The van der Waals surface area contributed by atoms with Crippen LogP contribution >= 0.6 is 8.60 Å². The SMILES string of the molecule is C/C=C\C(=C/C)CCCCc1ccc(CCC(CO)(COP(OCc2ccccc2)OCc2ccccc2)NC(=O)OCc2ccccc2)cc1C(F)(F)F. The van der Waals surface area contributed by atoms with E-state index in [2.05, 4.69) is 5.32 Å². The molecular formula is C44H51F3NO6P. The molecule has 4 aromatic carbocycles. The summed E-state index contributed by atoms with van der Waals surface area (Å²) in [6.07, 6.45) is 3.20. The van der Waals surface area contributed by atoms with Crippen molar-refractivity contribution < 1.29 is 41.4 Å². The quantitative estimate of drug-likeness (QED) is 0.0469. The van der Waals surface area contributed by atoms with Gasteiger partial charge in [0.05, 0.1) is 37.5 Å². The summed E-state index contributed by atoms with van der Waals surface area (Å²) in [5.74, 6) is 0. The molecule has 55 heavy (non-hydrogen) atoms. The first kappa shape index (κ1) is 43.4. The smallest absolute Gasteiger partial charge is 0.416 e. The van der Waals surface area contributed by atoms with Gasteiger partial charge in [0, 0.05) is 0 Å². The summed E-state index contributed by atoms with van der Waals surface area (Å²) < 4.78 is 66.9. The Labute approximate surface area is 324 Å². The van der Waals surface area contributed by atoms with Gasteiger partial charge in [0.15, 0.2) is 0 Å². The zero-order valence-electron chi connectivity index (χ0n) is 31.5. The summed E-state index contributed by atoms with van der Waals surface area (Å²) in [4.78, 5) is 13.2. The third-order valence-electron chi connectivity index (χ3n) is 8.97. The zero-order chi connectivity index (χ0) is 39.4. The van der Waals surface area contributed by atoms with Gasteiger partial charge in [-0.2, -0.15) is 13.2 Å². The number of hydrogen-bond donors (Lipinski definition) is 2. The molecule has 0 aliphatic rings. The molecular weight excluding hydrogens is 726 g/mol. The summed E-state index contributed by atoms with van der Waals surface area (Å²) in [5, 5.41) is 13.6. The topological polar surface area (TPSA) is 86.3 Å². The summed E-state index contributed by atoms with van der Waals surface area (Å²) in [6.45, 7) is 3.36. The van der Waals surface area contributed by atoms with E-state index in [9.17, 15) is 23.1 Å². The van der Waals surface area contributed by atoms with Crippen LogP contribution in [0.3, 0.4) is 0 Å². The van der Waals surface area contributed by atoms with E-state index >= 15 is 0 Å². The van der Waals surface area contributed by atoms with E-state index in [1.54, 1.807) is 6.07 Å². The second kappa shape index (κ2) is 22.9. The maximum Gasteiger partial charge on any atom is 0.416 e. The van der Waals surface area contributed by atoms with Gasteiger partial charge in [0.25, 0.3) is 0 Å². The number of carbonyl (C=O) groups excluding carboxylic acids is 1. The number of benzene rings is 4. The minimum Gasteiger partial charge on any atom is -0.445 e. The van der Waals surface area contributed by atoms with Crippen LogP contribution in [0, 0.1) is 0 Å². The fraction of sp³-hybridized carbons (Fsp3) is 0.341. The van der Waals surface area contributed by atoms with E-state index in [4.69, 9.17) is 18.3 Å². The van der Waals surface area contributed by atoms with Crippen molar-refractivity contribution >= 4 is 14.7 Å². The molecule has 0 radical (unpaired) electrons. The molecule has 0 aromatic heterocycles. The van der Waals surface area contributed by atoms with Crippen LogP contribution in [0.1, 0.15) is 72.9 Å². The lowest BCUT2D eigenvalue weighted by Gasteiger charge is -2.33. The summed E-state index contributed by atoms with van der Waals surface area (Å²) >= 11 is 0. The largest absolute Gasteiger partial charge is 0.445 e. The molecule has 2 N–H and O–H groups in total. The molecule has 1 atom stereocenters. The summed E-state index contributed by atoms with van der Waals surface area (Å²) in [7, 11) is -2.01. The second-order valence-electron chi connectivity index (χ2n) is 13.2. The number of alkyl halides is 3. The normalized spacial score (nSPS) is 13.3. The van der Waals surface area contributed by atoms with E-state index in [0.29, 0.717) is 18.4 Å². The summed E-state index contributed by atoms with van der Waals surface area (Å²) in [6, 6.07) is 32.4. The highest BCUT2D eigenvalue weighted by molar-refractivity contribution is 7.41. The predicted octanol–water partition coefficient (Wildman–Crippen LogP) is 11.2. The minimum absolute atomic E-state index is 0.0239. The number of ether oxygens (including phenoxy) is 1. The lowest BCUT2D eigenvalue weighted by atomic mass is 9.90. The molecule has 0 aliphatic heterocycles. The number of carbonyl (C=O) groups is 1. The van der Waals surface area contributed by atoms with E-state index in [0.717, 1.165) is 35.1 Å². The molecule has 0 saturated heterocycles. The fourth-order valence-electron chi connectivity index (χ4n) is 5.83. The monoisotopic (exact) mass is 777 g/mol. The van der Waals surface area contributed by atoms with Crippen LogP contribution in [0.5, 0.6) is 0 Å². The van der Waals surface area contributed by atoms with Gasteiger partial charge in [-0.05, 0) is 86.3 Å². The molecule has 0 aliphatic carbocycles.